The Labute approximate surface area is 233 Å². The Balaban J connectivity index is 1.46. The average Bonchev–Trinajstić information content (AvgIpc) is 3.30. The van der Waals surface area contributed by atoms with Crippen LogP contribution in [0.2, 0.25) is 0 Å². The number of aromatic nitrogens is 2. The molecular weight excluding hydrogens is 533 g/mol. The van der Waals surface area contributed by atoms with Crippen molar-refractivity contribution in [3.05, 3.63) is 61.7 Å². The molecule has 0 radical (unpaired) electrons. The van der Waals surface area contributed by atoms with Crippen LogP contribution in [0.25, 0.3) is 22.3 Å². The fourth-order valence-electron chi connectivity index (χ4n) is 5.98. The fourth-order valence-corrected chi connectivity index (χ4v) is 5.98. The van der Waals surface area contributed by atoms with E-state index in [1.807, 2.05) is 0 Å². The summed E-state index contributed by atoms with van der Waals surface area (Å²) >= 11 is 0. The van der Waals surface area contributed by atoms with Crippen LogP contribution in [0.15, 0.2) is 21.9 Å². The number of amides is 1. The van der Waals surface area contributed by atoms with Crippen LogP contribution in [0.4, 0.5) is 4.39 Å². The molecular formula is C30H28FN3O7. The number of halogens is 1. The summed E-state index contributed by atoms with van der Waals surface area (Å²) in [6.07, 6.45) is 0.493. The van der Waals surface area contributed by atoms with Gasteiger partial charge in [-0.25, -0.2) is 19.2 Å². The molecule has 6 rings (SSSR count). The first-order chi connectivity index (χ1) is 19.5. The average molecular weight is 562 g/mol. The third-order valence-corrected chi connectivity index (χ3v) is 8.02. The number of fused-ring (bicyclic) bond motifs is 5. The van der Waals surface area contributed by atoms with E-state index in [0.29, 0.717) is 35.3 Å². The summed E-state index contributed by atoms with van der Waals surface area (Å²) in [5.41, 5.74) is 4.09. The maximum atomic E-state index is 15.0. The van der Waals surface area contributed by atoms with Crippen molar-refractivity contribution in [3.8, 4) is 11.4 Å². The summed E-state index contributed by atoms with van der Waals surface area (Å²) in [4.78, 5) is 59.0. The summed E-state index contributed by atoms with van der Waals surface area (Å²) < 4.78 is 26.7. The van der Waals surface area contributed by atoms with Crippen molar-refractivity contribution in [1.82, 2.24) is 9.55 Å². The Bertz CT molecular complexity index is 1760. The highest BCUT2D eigenvalue weighted by atomic mass is 19.1. The number of carbonyl (C=O) groups is 3. The first-order valence-electron chi connectivity index (χ1n) is 13.5. The number of aryl methyl sites for hydroxylation is 1. The molecule has 212 valence electrons. The molecule has 1 aromatic carbocycles. The molecule has 3 aromatic rings. The largest absolute Gasteiger partial charge is 0.458 e. The molecule has 2 aliphatic heterocycles. The van der Waals surface area contributed by atoms with E-state index in [9.17, 15) is 28.7 Å². The van der Waals surface area contributed by atoms with Crippen LogP contribution in [0.1, 0.15) is 72.1 Å². The van der Waals surface area contributed by atoms with E-state index in [1.54, 1.807) is 26.8 Å². The molecule has 0 fully saturated rings. The van der Waals surface area contributed by atoms with Gasteiger partial charge in [-0.15, -0.1) is 0 Å². The van der Waals surface area contributed by atoms with Crippen molar-refractivity contribution in [2.45, 2.75) is 71.3 Å². The smallest absolute Gasteiger partial charge is 0.340 e. The van der Waals surface area contributed by atoms with Gasteiger partial charge in [0, 0.05) is 34.7 Å². The minimum atomic E-state index is -1.59. The summed E-state index contributed by atoms with van der Waals surface area (Å²) in [5, 5.41) is 11.2. The van der Waals surface area contributed by atoms with Gasteiger partial charge in [0.1, 0.15) is 19.0 Å². The Morgan fingerprint density at radius 1 is 1.27 bits per heavy atom. The Morgan fingerprint density at radius 2 is 2.05 bits per heavy atom. The van der Waals surface area contributed by atoms with Crippen molar-refractivity contribution < 1.29 is 33.4 Å². The number of aliphatic imine (C=N–C) groups is 1. The molecule has 11 heteroatoms. The number of esters is 1. The minimum Gasteiger partial charge on any atom is -0.458 e. The maximum Gasteiger partial charge on any atom is 0.340 e. The van der Waals surface area contributed by atoms with Crippen LogP contribution in [-0.2, 0) is 43.4 Å². The molecule has 4 heterocycles. The molecule has 0 bridgehead atoms. The number of aliphatic hydroxyl groups excluding tert-OH is 1. The second-order valence-electron chi connectivity index (χ2n) is 11.0. The standard InChI is InChI=1S/C30H28FN3O7/c1-13(2)40-11-16(35)6-24(36)32-9-15-4-5-17-14(3)21(31)8-22-26(17)25(15)19-10-34-23(27(19)33-22)7-18-20(29(34)38)12-41-30(39)28(18)37/h7-9,13,15,28,37H,4-6,10-12H2,1-3H3/b32-9-/t15?,28-/m0/s1. The normalized spacial score (nSPS) is 18.9. The first-order valence-corrected chi connectivity index (χ1v) is 13.5. The van der Waals surface area contributed by atoms with Crippen molar-refractivity contribution >= 4 is 34.8 Å². The number of carbonyl (C=O) groups excluding carboxylic acids is 3. The van der Waals surface area contributed by atoms with Gasteiger partial charge in [0.2, 0.25) is 0 Å². The zero-order valence-electron chi connectivity index (χ0n) is 22.8. The minimum absolute atomic E-state index is 0.136. The molecule has 1 amide bonds. The van der Waals surface area contributed by atoms with E-state index < -0.39 is 29.4 Å². The van der Waals surface area contributed by atoms with Crippen LogP contribution >= 0.6 is 0 Å². The monoisotopic (exact) mass is 561 g/mol. The zero-order chi connectivity index (χ0) is 29.2. The Morgan fingerprint density at radius 3 is 2.80 bits per heavy atom. The van der Waals surface area contributed by atoms with Gasteiger partial charge in [-0.1, -0.05) is 0 Å². The van der Waals surface area contributed by atoms with Crippen LogP contribution in [-0.4, -0.2) is 51.2 Å². The molecule has 1 aliphatic carbocycles. The number of rotatable bonds is 6. The second kappa shape index (κ2) is 10.1. The third kappa shape index (κ3) is 4.49. The molecule has 2 atom stereocenters. The molecule has 0 spiro atoms. The van der Waals surface area contributed by atoms with Crippen LogP contribution < -0.4 is 5.56 Å². The van der Waals surface area contributed by atoms with E-state index in [0.717, 1.165) is 22.1 Å². The van der Waals surface area contributed by atoms with E-state index in [-0.39, 0.29) is 55.1 Å². The maximum absolute atomic E-state index is 15.0. The summed E-state index contributed by atoms with van der Waals surface area (Å²) in [7, 11) is 0. The number of aliphatic hydroxyl groups is 1. The van der Waals surface area contributed by atoms with Gasteiger partial charge in [-0.3, -0.25) is 14.4 Å². The predicted octanol–water partition coefficient (Wildman–Crippen LogP) is 2.97. The van der Waals surface area contributed by atoms with Gasteiger partial charge < -0.3 is 19.1 Å². The van der Waals surface area contributed by atoms with E-state index in [4.69, 9.17) is 14.5 Å². The summed E-state index contributed by atoms with van der Waals surface area (Å²) in [6, 6.07) is 2.94. The number of hydrogen-bond donors (Lipinski definition) is 1. The molecule has 10 nitrogen and oxygen atoms in total. The van der Waals surface area contributed by atoms with Gasteiger partial charge in [-0.05, 0) is 56.4 Å². The SMILES string of the molecule is Cc1c(F)cc2nc3c(c4c2c1CCC4/C=N\C(=O)CC(=O)COC(C)C)Cn1c-3cc2c(c1=O)COC(=O)[C@H]2O. The lowest BCUT2D eigenvalue weighted by atomic mass is 9.78. The van der Waals surface area contributed by atoms with Crippen LogP contribution in [0, 0.1) is 12.7 Å². The highest BCUT2D eigenvalue weighted by Crippen LogP contribution is 2.45. The van der Waals surface area contributed by atoms with Crippen molar-refractivity contribution in [1.29, 1.82) is 0 Å². The Kier molecular flexibility index (Phi) is 6.66. The number of benzene rings is 1. The van der Waals surface area contributed by atoms with Crippen molar-refractivity contribution in [2.24, 2.45) is 4.99 Å². The molecule has 0 saturated carbocycles. The predicted molar refractivity (Wildman–Crippen MR) is 145 cm³/mol. The highest BCUT2D eigenvalue weighted by molar-refractivity contribution is 6.03. The van der Waals surface area contributed by atoms with Gasteiger partial charge >= 0.3 is 5.97 Å². The third-order valence-electron chi connectivity index (χ3n) is 8.02. The number of pyridine rings is 2. The van der Waals surface area contributed by atoms with Gasteiger partial charge in [0.15, 0.2) is 11.9 Å². The molecule has 1 unspecified atom stereocenters. The van der Waals surface area contributed by atoms with E-state index in [1.165, 1.54) is 16.8 Å². The van der Waals surface area contributed by atoms with Gasteiger partial charge in [0.05, 0.1) is 41.5 Å². The molecule has 41 heavy (non-hydrogen) atoms. The highest BCUT2D eigenvalue weighted by Gasteiger charge is 2.37. The molecule has 2 aromatic heterocycles. The van der Waals surface area contributed by atoms with Crippen LogP contribution in [0.5, 0.6) is 0 Å². The number of cyclic esters (lactones) is 1. The number of hydrogen-bond acceptors (Lipinski definition) is 8. The molecule has 3 aliphatic rings. The van der Waals surface area contributed by atoms with Gasteiger partial charge in [-0.2, -0.15) is 0 Å². The van der Waals surface area contributed by atoms with Gasteiger partial charge in [0.25, 0.3) is 11.5 Å². The van der Waals surface area contributed by atoms with E-state index in [2.05, 4.69) is 4.99 Å². The van der Waals surface area contributed by atoms with E-state index >= 15 is 0 Å². The zero-order valence-corrected chi connectivity index (χ0v) is 22.8. The summed E-state index contributed by atoms with van der Waals surface area (Å²) in [5.74, 6) is -2.53. The number of ether oxygens (including phenoxy) is 2. The second-order valence-corrected chi connectivity index (χ2v) is 11.0. The number of ketones is 1. The molecule has 0 saturated heterocycles. The lowest BCUT2D eigenvalue weighted by molar-refractivity contribution is -0.157. The Hall–Kier alpha value is -4.09. The van der Waals surface area contributed by atoms with Crippen molar-refractivity contribution in [2.75, 3.05) is 6.61 Å². The lowest BCUT2D eigenvalue weighted by Crippen LogP contribution is -2.32. The summed E-state index contributed by atoms with van der Waals surface area (Å²) in [6.45, 7) is 5.07. The quantitative estimate of drug-likeness (QED) is 0.216. The van der Waals surface area contributed by atoms with Crippen molar-refractivity contribution in [3.63, 3.8) is 0 Å². The lowest BCUT2D eigenvalue weighted by Gasteiger charge is -2.27. The first kappa shape index (κ1) is 27.1. The fraction of sp³-hybridized carbons (Fsp3) is 0.400. The topological polar surface area (TPSA) is 137 Å². The number of nitrogens with zero attached hydrogens (tertiary/aromatic N) is 3. The number of Topliss-reactive ketones (excluding diaryl/α,β-unsaturated/α-hetero) is 1. The molecule has 1 N–H and O–H groups in total. The van der Waals surface area contributed by atoms with Crippen LogP contribution in [0.3, 0.4) is 0 Å².